The predicted molar refractivity (Wildman–Crippen MR) is 130 cm³/mol. The van der Waals surface area contributed by atoms with E-state index in [2.05, 4.69) is 10.6 Å². The summed E-state index contributed by atoms with van der Waals surface area (Å²) in [6.45, 7) is 3.93. The number of urea groups is 1. The van der Waals surface area contributed by atoms with Crippen LogP contribution in [0.4, 0.5) is 10.5 Å². The van der Waals surface area contributed by atoms with Gasteiger partial charge >= 0.3 is 6.03 Å². The van der Waals surface area contributed by atoms with Gasteiger partial charge in [-0.1, -0.05) is 65.7 Å². The van der Waals surface area contributed by atoms with Crippen LogP contribution in [0.25, 0.3) is 6.08 Å². The zero-order valence-corrected chi connectivity index (χ0v) is 19.0. The summed E-state index contributed by atoms with van der Waals surface area (Å²) >= 11 is 0. The minimum atomic E-state index is -0.479. The summed E-state index contributed by atoms with van der Waals surface area (Å²) in [5.41, 5.74) is 4.47. The molecule has 3 aromatic carbocycles. The second kappa shape index (κ2) is 10.0. The van der Waals surface area contributed by atoms with E-state index in [1.54, 1.807) is 30.3 Å². The zero-order chi connectivity index (χ0) is 24.1. The number of hydrogen-bond acceptors (Lipinski definition) is 4. The number of nitrogens with one attached hydrogen (secondary N) is 2. The summed E-state index contributed by atoms with van der Waals surface area (Å²) in [4.78, 5) is 38.7. The number of carbonyl (C=O) groups excluding carboxylic acids is 3. The van der Waals surface area contributed by atoms with Gasteiger partial charge in [0.15, 0.2) is 6.61 Å². The number of aryl methyl sites for hydroxylation is 2. The first-order valence-corrected chi connectivity index (χ1v) is 10.9. The monoisotopic (exact) mass is 455 g/mol. The Morgan fingerprint density at radius 1 is 0.941 bits per heavy atom. The Morgan fingerprint density at radius 2 is 1.59 bits per heavy atom. The molecule has 1 aliphatic heterocycles. The van der Waals surface area contributed by atoms with Crippen molar-refractivity contribution in [3.8, 4) is 5.75 Å². The van der Waals surface area contributed by atoms with Crippen LogP contribution in [0.2, 0.25) is 0 Å². The molecule has 1 heterocycles. The molecule has 1 fully saturated rings. The Morgan fingerprint density at radius 3 is 2.29 bits per heavy atom. The molecule has 4 rings (SSSR count). The molecule has 0 aromatic heterocycles. The molecule has 1 aliphatic rings. The van der Waals surface area contributed by atoms with Crippen LogP contribution in [0.5, 0.6) is 5.75 Å². The Hall–Kier alpha value is -4.39. The first-order chi connectivity index (χ1) is 16.4. The van der Waals surface area contributed by atoms with Gasteiger partial charge in [-0.05, 0) is 43.7 Å². The van der Waals surface area contributed by atoms with E-state index in [9.17, 15) is 14.4 Å². The van der Waals surface area contributed by atoms with Crippen LogP contribution in [-0.2, 0) is 16.1 Å². The molecule has 7 heteroatoms. The lowest BCUT2D eigenvalue weighted by Crippen LogP contribution is -2.30. The molecule has 0 aliphatic carbocycles. The van der Waals surface area contributed by atoms with Gasteiger partial charge in [0.1, 0.15) is 11.4 Å². The molecule has 0 unspecified atom stereocenters. The molecule has 0 atom stereocenters. The number of carbonyl (C=O) groups is 3. The fraction of sp³-hybridized carbons (Fsp3) is 0.148. The van der Waals surface area contributed by atoms with Crippen molar-refractivity contribution < 1.29 is 19.1 Å². The van der Waals surface area contributed by atoms with Gasteiger partial charge in [-0.15, -0.1) is 0 Å². The van der Waals surface area contributed by atoms with Crippen molar-refractivity contribution in [1.29, 1.82) is 0 Å². The van der Waals surface area contributed by atoms with E-state index in [1.807, 2.05) is 62.4 Å². The third-order valence-corrected chi connectivity index (χ3v) is 5.34. The molecule has 0 radical (unpaired) electrons. The maximum atomic E-state index is 12.9. The second-order valence-corrected chi connectivity index (χ2v) is 8.11. The van der Waals surface area contributed by atoms with Crippen LogP contribution < -0.4 is 15.4 Å². The number of amides is 4. The number of rotatable bonds is 7. The Bertz CT molecular complexity index is 1250. The van der Waals surface area contributed by atoms with E-state index in [0.717, 1.165) is 21.6 Å². The van der Waals surface area contributed by atoms with Crippen molar-refractivity contribution in [2.24, 2.45) is 0 Å². The second-order valence-electron chi connectivity index (χ2n) is 8.11. The van der Waals surface area contributed by atoms with Crippen LogP contribution in [0, 0.1) is 13.8 Å². The maximum absolute atomic E-state index is 12.9. The van der Waals surface area contributed by atoms with Gasteiger partial charge in [0.2, 0.25) is 0 Å². The lowest BCUT2D eigenvalue weighted by atomic mass is 10.1. The average Bonchev–Trinajstić information content (AvgIpc) is 3.08. The average molecular weight is 456 g/mol. The van der Waals surface area contributed by atoms with Gasteiger partial charge in [0, 0.05) is 11.3 Å². The number of hydrogen-bond donors (Lipinski definition) is 2. The van der Waals surface area contributed by atoms with Crippen molar-refractivity contribution in [2.75, 3.05) is 11.9 Å². The fourth-order valence-corrected chi connectivity index (χ4v) is 3.46. The van der Waals surface area contributed by atoms with Gasteiger partial charge in [-0.2, -0.15) is 0 Å². The number of nitrogens with zero attached hydrogens (tertiary/aromatic N) is 1. The summed E-state index contributed by atoms with van der Waals surface area (Å²) < 4.78 is 5.71. The molecule has 34 heavy (non-hydrogen) atoms. The van der Waals surface area contributed by atoms with E-state index < -0.39 is 11.9 Å². The topological polar surface area (TPSA) is 87.7 Å². The van der Waals surface area contributed by atoms with Crippen molar-refractivity contribution in [2.45, 2.75) is 20.4 Å². The third kappa shape index (κ3) is 5.50. The number of ether oxygens (including phenoxy) is 1. The highest BCUT2D eigenvalue weighted by molar-refractivity contribution is 6.14. The maximum Gasteiger partial charge on any atom is 0.329 e. The smallest absolute Gasteiger partial charge is 0.329 e. The number of benzene rings is 3. The SMILES string of the molecule is Cc1ccc(CN2C(=O)N/C(=C/c3ccccc3OCC(=O)Nc3ccc(C)cc3)C2=O)cc1. The van der Waals surface area contributed by atoms with Crippen LogP contribution in [-0.4, -0.2) is 29.4 Å². The van der Waals surface area contributed by atoms with Crippen LogP contribution in [0.1, 0.15) is 22.3 Å². The summed E-state index contributed by atoms with van der Waals surface area (Å²) in [6, 6.07) is 21.7. The molecule has 172 valence electrons. The molecule has 2 N–H and O–H groups in total. The normalized spacial score (nSPS) is 14.3. The Labute approximate surface area is 198 Å². The van der Waals surface area contributed by atoms with Gasteiger partial charge in [0.25, 0.3) is 11.8 Å². The zero-order valence-electron chi connectivity index (χ0n) is 19.0. The predicted octanol–water partition coefficient (Wildman–Crippen LogP) is 4.41. The van der Waals surface area contributed by atoms with Crippen LogP contribution in [0.3, 0.4) is 0 Å². The lowest BCUT2D eigenvalue weighted by molar-refractivity contribution is -0.123. The quantitative estimate of drug-likeness (QED) is 0.408. The van der Waals surface area contributed by atoms with Crippen molar-refractivity contribution >= 4 is 29.6 Å². The highest BCUT2D eigenvalue weighted by Crippen LogP contribution is 2.23. The standard InChI is InChI=1S/C27H25N3O4/c1-18-7-11-20(12-8-18)16-30-26(32)23(29-27(30)33)15-21-5-3-4-6-24(21)34-17-25(31)28-22-13-9-19(2)10-14-22/h3-15H,16-17H2,1-2H3,(H,28,31)(H,29,33)/b23-15+. The van der Waals surface area contributed by atoms with E-state index in [4.69, 9.17) is 4.74 Å². The molecule has 3 aromatic rings. The minimum absolute atomic E-state index is 0.150. The van der Waals surface area contributed by atoms with E-state index >= 15 is 0 Å². The van der Waals surface area contributed by atoms with Gasteiger partial charge in [-0.25, -0.2) is 4.79 Å². The minimum Gasteiger partial charge on any atom is -0.483 e. The van der Waals surface area contributed by atoms with E-state index in [-0.39, 0.29) is 24.8 Å². The number of imide groups is 1. The molecule has 0 bridgehead atoms. The van der Waals surface area contributed by atoms with Crippen molar-refractivity contribution in [3.05, 3.63) is 101 Å². The molecule has 4 amide bonds. The number of anilines is 1. The number of para-hydroxylation sites is 1. The van der Waals surface area contributed by atoms with Crippen molar-refractivity contribution in [1.82, 2.24) is 10.2 Å². The lowest BCUT2D eigenvalue weighted by Gasteiger charge is -2.12. The molecule has 0 spiro atoms. The fourth-order valence-electron chi connectivity index (χ4n) is 3.46. The highest BCUT2D eigenvalue weighted by atomic mass is 16.5. The van der Waals surface area contributed by atoms with E-state index in [1.165, 1.54) is 0 Å². The summed E-state index contributed by atoms with van der Waals surface area (Å²) in [6.07, 6.45) is 1.56. The summed E-state index contributed by atoms with van der Waals surface area (Å²) in [5, 5.41) is 5.41. The highest BCUT2D eigenvalue weighted by Gasteiger charge is 2.33. The third-order valence-electron chi connectivity index (χ3n) is 5.34. The Balaban J connectivity index is 1.43. The van der Waals surface area contributed by atoms with Crippen LogP contribution in [0.15, 0.2) is 78.5 Å². The van der Waals surface area contributed by atoms with Crippen LogP contribution >= 0.6 is 0 Å². The van der Waals surface area contributed by atoms with E-state index in [0.29, 0.717) is 17.0 Å². The van der Waals surface area contributed by atoms with Gasteiger partial charge in [0.05, 0.1) is 6.54 Å². The summed E-state index contributed by atoms with van der Waals surface area (Å²) in [7, 11) is 0. The van der Waals surface area contributed by atoms with Gasteiger partial charge in [-0.3, -0.25) is 14.5 Å². The first kappa shape index (κ1) is 22.8. The Kier molecular flexibility index (Phi) is 6.73. The first-order valence-electron chi connectivity index (χ1n) is 10.9. The molecule has 0 saturated carbocycles. The van der Waals surface area contributed by atoms with Crippen molar-refractivity contribution in [3.63, 3.8) is 0 Å². The molecule has 1 saturated heterocycles. The molecular weight excluding hydrogens is 430 g/mol. The summed E-state index contributed by atoms with van der Waals surface area (Å²) in [5.74, 6) is -0.300. The van der Waals surface area contributed by atoms with Gasteiger partial charge < -0.3 is 15.4 Å². The molecule has 7 nitrogen and oxygen atoms in total. The molecular formula is C27H25N3O4. The largest absolute Gasteiger partial charge is 0.483 e.